The van der Waals surface area contributed by atoms with Crippen LogP contribution >= 0.6 is 15.9 Å². The lowest BCUT2D eigenvalue weighted by Gasteiger charge is -2.09. The fourth-order valence-corrected chi connectivity index (χ4v) is 2.19. The fraction of sp³-hybridized carbons (Fsp3) is 0.118. The van der Waals surface area contributed by atoms with E-state index in [9.17, 15) is 9.59 Å². The van der Waals surface area contributed by atoms with Gasteiger partial charge < -0.3 is 10.1 Å². The zero-order valence-electron chi connectivity index (χ0n) is 13.0. The van der Waals surface area contributed by atoms with Crippen LogP contribution in [0, 0.1) is 0 Å². The molecule has 0 aliphatic heterocycles. The standard InChI is InChI=1S/C17H16BrN3O3/c1-19-16(22)17(23)21-20-10-13-9-14(18)7-8-15(13)24-11-12-5-3-2-4-6-12/h2-10H,11H2,1H3,(H,19,22)(H,21,23)/b20-10-. The van der Waals surface area contributed by atoms with E-state index >= 15 is 0 Å². The first kappa shape index (κ1) is 17.7. The predicted molar refractivity (Wildman–Crippen MR) is 94.7 cm³/mol. The second-order valence-corrected chi connectivity index (χ2v) is 5.65. The zero-order chi connectivity index (χ0) is 17.4. The van der Waals surface area contributed by atoms with Crippen molar-refractivity contribution in [2.45, 2.75) is 6.61 Å². The van der Waals surface area contributed by atoms with Gasteiger partial charge in [0.05, 0.1) is 6.21 Å². The number of rotatable bonds is 5. The monoisotopic (exact) mass is 389 g/mol. The van der Waals surface area contributed by atoms with Crippen LogP contribution in [0.1, 0.15) is 11.1 Å². The van der Waals surface area contributed by atoms with Crippen LogP contribution in [0.15, 0.2) is 58.1 Å². The topological polar surface area (TPSA) is 79.8 Å². The molecule has 7 heteroatoms. The molecule has 0 spiro atoms. The van der Waals surface area contributed by atoms with Gasteiger partial charge in [-0.2, -0.15) is 5.10 Å². The summed E-state index contributed by atoms with van der Waals surface area (Å²) in [5.41, 5.74) is 3.85. The molecule has 0 bridgehead atoms. The summed E-state index contributed by atoms with van der Waals surface area (Å²) in [6, 6.07) is 15.2. The van der Waals surface area contributed by atoms with Crippen molar-refractivity contribution < 1.29 is 14.3 Å². The van der Waals surface area contributed by atoms with Crippen molar-refractivity contribution in [3.8, 4) is 5.75 Å². The van der Waals surface area contributed by atoms with Crippen LogP contribution in [-0.2, 0) is 16.2 Å². The molecule has 0 radical (unpaired) electrons. The van der Waals surface area contributed by atoms with E-state index in [0.717, 1.165) is 10.0 Å². The molecule has 0 aromatic heterocycles. The number of ether oxygens (including phenoxy) is 1. The summed E-state index contributed by atoms with van der Waals surface area (Å²) in [6.45, 7) is 0.411. The molecular weight excluding hydrogens is 374 g/mol. The summed E-state index contributed by atoms with van der Waals surface area (Å²) in [5, 5.41) is 6.00. The summed E-state index contributed by atoms with van der Waals surface area (Å²) >= 11 is 3.38. The number of nitrogens with one attached hydrogen (secondary N) is 2. The summed E-state index contributed by atoms with van der Waals surface area (Å²) in [6.07, 6.45) is 1.42. The summed E-state index contributed by atoms with van der Waals surface area (Å²) in [4.78, 5) is 22.5. The maximum Gasteiger partial charge on any atom is 0.329 e. The molecule has 0 aliphatic rings. The Morgan fingerprint density at radius 2 is 1.92 bits per heavy atom. The van der Waals surface area contributed by atoms with Gasteiger partial charge in [0.25, 0.3) is 0 Å². The van der Waals surface area contributed by atoms with Crippen LogP contribution in [0.25, 0.3) is 0 Å². The Kier molecular flexibility index (Phi) is 6.51. The SMILES string of the molecule is CNC(=O)C(=O)N/N=C\c1cc(Br)ccc1OCc1ccccc1. The van der Waals surface area contributed by atoms with Crippen LogP contribution < -0.4 is 15.5 Å². The third-order valence-corrected chi connectivity index (χ3v) is 3.51. The van der Waals surface area contributed by atoms with Gasteiger partial charge >= 0.3 is 11.8 Å². The number of halogens is 1. The molecule has 0 saturated heterocycles. The molecule has 2 amide bonds. The maximum atomic E-state index is 11.3. The van der Waals surface area contributed by atoms with Crippen molar-refractivity contribution in [2.75, 3.05) is 7.05 Å². The maximum absolute atomic E-state index is 11.3. The molecule has 2 aromatic carbocycles. The highest BCUT2D eigenvalue weighted by atomic mass is 79.9. The Hall–Kier alpha value is -2.67. The van der Waals surface area contributed by atoms with E-state index in [1.807, 2.05) is 36.4 Å². The van der Waals surface area contributed by atoms with E-state index in [1.165, 1.54) is 13.3 Å². The average Bonchev–Trinajstić information content (AvgIpc) is 2.61. The van der Waals surface area contributed by atoms with Crippen LogP contribution in [-0.4, -0.2) is 25.1 Å². The summed E-state index contributed by atoms with van der Waals surface area (Å²) < 4.78 is 6.64. The number of carbonyl (C=O) groups excluding carboxylic acids is 2. The molecule has 0 aliphatic carbocycles. The lowest BCUT2D eigenvalue weighted by molar-refractivity contribution is -0.138. The third kappa shape index (κ3) is 5.20. The zero-order valence-corrected chi connectivity index (χ0v) is 14.5. The van der Waals surface area contributed by atoms with Crippen LogP contribution in [0.5, 0.6) is 5.75 Å². The van der Waals surface area contributed by atoms with E-state index in [2.05, 4.69) is 31.8 Å². The minimum Gasteiger partial charge on any atom is -0.488 e. The van der Waals surface area contributed by atoms with Gasteiger partial charge in [0.15, 0.2) is 0 Å². The Morgan fingerprint density at radius 3 is 2.62 bits per heavy atom. The largest absolute Gasteiger partial charge is 0.488 e. The van der Waals surface area contributed by atoms with Crippen molar-refractivity contribution in [2.24, 2.45) is 5.10 Å². The predicted octanol–water partition coefficient (Wildman–Crippen LogP) is 2.22. The van der Waals surface area contributed by atoms with Crippen molar-refractivity contribution in [3.05, 3.63) is 64.1 Å². The van der Waals surface area contributed by atoms with Crippen LogP contribution in [0.3, 0.4) is 0 Å². The number of hydrogen-bond donors (Lipinski definition) is 2. The second kappa shape index (κ2) is 8.83. The first-order valence-corrected chi connectivity index (χ1v) is 7.91. The molecule has 24 heavy (non-hydrogen) atoms. The average molecular weight is 390 g/mol. The number of likely N-dealkylation sites (N-methyl/N-ethyl adjacent to an activating group) is 1. The van der Waals surface area contributed by atoms with Gasteiger partial charge in [0.2, 0.25) is 0 Å². The van der Waals surface area contributed by atoms with Crippen LogP contribution in [0.4, 0.5) is 0 Å². The number of hydrogen-bond acceptors (Lipinski definition) is 4. The molecule has 0 fully saturated rings. The number of hydrazone groups is 1. The highest BCUT2D eigenvalue weighted by Gasteiger charge is 2.09. The molecule has 0 heterocycles. The van der Waals surface area contributed by atoms with Crippen LogP contribution in [0.2, 0.25) is 0 Å². The van der Waals surface area contributed by atoms with Gasteiger partial charge in [-0.3, -0.25) is 9.59 Å². The van der Waals surface area contributed by atoms with E-state index in [-0.39, 0.29) is 0 Å². The summed E-state index contributed by atoms with van der Waals surface area (Å²) in [7, 11) is 1.37. The number of amides is 2. The highest BCUT2D eigenvalue weighted by molar-refractivity contribution is 9.10. The lowest BCUT2D eigenvalue weighted by Crippen LogP contribution is -2.35. The summed E-state index contributed by atoms with van der Waals surface area (Å²) in [5.74, 6) is -0.988. The normalized spacial score (nSPS) is 10.4. The number of nitrogens with zero attached hydrogens (tertiary/aromatic N) is 1. The quantitative estimate of drug-likeness (QED) is 0.467. The molecular formula is C17H16BrN3O3. The molecule has 0 atom stereocenters. The molecule has 2 rings (SSSR count). The first-order chi connectivity index (χ1) is 11.6. The van der Waals surface area contributed by atoms with Crippen molar-refractivity contribution in [1.29, 1.82) is 0 Å². The number of benzene rings is 2. The van der Waals surface area contributed by atoms with Gasteiger partial charge in [0, 0.05) is 17.1 Å². The van der Waals surface area contributed by atoms with Gasteiger partial charge in [-0.05, 0) is 23.8 Å². The fourth-order valence-electron chi connectivity index (χ4n) is 1.81. The Morgan fingerprint density at radius 1 is 1.17 bits per heavy atom. The van der Waals surface area contributed by atoms with Gasteiger partial charge in [-0.1, -0.05) is 46.3 Å². The molecule has 124 valence electrons. The van der Waals surface area contributed by atoms with E-state index in [1.54, 1.807) is 12.1 Å². The Balaban J connectivity index is 2.07. The van der Waals surface area contributed by atoms with Crippen molar-refractivity contribution >= 4 is 34.0 Å². The first-order valence-electron chi connectivity index (χ1n) is 7.11. The lowest BCUT2D eigenvalue weighted by atomic mass is 10.2. The van der Waals surface area contributed by atoms with Crippen molar-refractivity contribution in [1.82, 2.24) is 10.7 Å². The molecule has 0 unspecified atom stereocenters. The second-order valence-electron chi connectivity index (χ2n) is 4.73. The molecule has 2 aromatic rings. The van der Waals surface area contributed by atoms with Gasteiger partial charge in [-0.25, -0.2) is 5.43 Å². The van der Waals surface area contributed by atoms with Gasteiger partial charge in [0.1, 0.15) is 12.4 Å². The molecule has 6 nitrogen and oxygen atoms in total. The third-order valence-electron chi connectivity index (χ3n) is 3.01. The Labute approximate surface area is 148 Å². The Bertz CT molecular complexity index is 748. The molecule has 2 N–H and O–H groups in total. The smallest absolute Gasteiger partial charge is 0.329 e. The minimum atomic E-state index is -0.837. The van der Waals surface area contributed by atoms with E-state index in [0.29, 0.717) is 17.9 Å². The number of carbonyl (C=O) groups is 2. The molecule has 0 saturated carbocycles. The van der Waals surface area contributed by atoms with Gasteiger partial charge in [-0.15, -0.1) is 0 Å². The minimum absolute atomic E-state index is 0.411. The van der Waals surface area contributed by atoms with E-state index in [4.69, 9.17) is 4.74 Å². The van der Waals surface area contributed by atoms with Crippen molar-refractivity contribution in [3.63, 3.8) is 0 Å². The van der Waals surface area contributed by atoms with E-state index < -0.39 is 11.8 Å². The highest BCUT2D eigenvalue weighted by Crippen LogP contribution is 2.22.